The molecule has 7 unspecified atom stereocenters. The molecule has 468 valence electrons. The van der Waals surface area contributed by atoms with E-state index in [2.05, 4.69) is 43.5 Å². The Morgan fingerprint density at radius 1 is 0.430 bits per heavy atom. The van der Waals surface area contributed by atoms with Crippen LogP contribution in [-0.2, 0) is 14.3 Å². The highest BCUT2D eigenvalue weighted by Crippen LogP contribution is 2.24. The van der Waals surface area contributed by atoms with E-state index >= 15 is 0 Å². The summed E-state index contributed by atoms with van der Waals surface area (Å²) in [4.78, 5) is 13.1. The fourth-order valence-electron chi connectivity index (χ4n) is 11.6. The van der Waals surface area contributed by atoms with E-state index in [9.17, 15) is 30.3 Å². The van der Waals surface area contributed by atoms with Crippen LogP contribution in [0.3, 0.4) is 0 Å². The van der Waals surface area contributed by atoms with Gasteiger partial charge in [-0.1, -0.05) is 334 Å². The van der Waals surface area contributed by atoms with Gasteiger partial charge in [0.1, 0.15) is 24.4 Å². The standard InChI is InChI=1S/C70H135NO8/c1-3-5-7-9-11-13-15-17-19-21-23-25-27-28-29-30-31-32-33-34-35-36-38-40-42-44-46-48-50-52-54-56-58-60-66(74)71-63(62-78-70-69(77)68(76)67(75)65(61-72)79-70)64(73)59-57-55-53-51-49-47-45-43-41-39-37-26-24-22-20-18-16-14-12-10-8-6-4-2/h23,25,28-29,63-65,67-70,72-73,75-77H,3-22,24,26-27,30-62H2,1-2H3,(H,71,74)/b25-23-,29-28-. The van der Waals surface area contributed by atoms with Crippen LogP contribution in [0.5, 0.6) is 0 Å². The zero-order chi connectivity index (χ0) is 57.2. The summed E-state index contributed by atoms with van der Waals surface area (Å²) in [6.07, 6.45) is 71.0. The lowest BCUT2D eigenvalue weighted by atomic mass is 9.99. The van der Waals surface area contributed by atoms with E-state index in [4.69, 9.17) is 9.47 Å². The number of hydrogen-bond donors (Lipinski definition) is 6. The highest BCUT2D eigenvalue weighted by Gasteiger charge is 2.44. The average molecular weight is 1120 g/mol. The quantitative estimate of drug-likeness (QED) is 0.0261. The molecule has 9 heteroatoms. The van der Waals surface area contributed by atoms with Gasteiger partial charge in [-0.15, -0.1) is 0 Å². The summed E-state index contributed by atoms with van der Waals surface area (Å²) in [6.45, 7) is 3.89. The molecule has 0 spiro atoms. The molecular formula is C70H135NO8. The van der Waals surface area contributed by atoms with E-state index in [1.165, 1.54) is 289 Å². The summed E-state index contributed by atoms with van der Waals surface area (Å²) in [7, 11) is 0. The number of allylic oxidation sites excluding steroid dienone is 4. The van der Waals surface area contributed by atoms with Crippen LogP contribution < -0.4 is 5.32 Å². The van der Waals surface area contributed by atoms with E-state index in [1.54, 1.807) is 0 Å². The lowest BCUT2D eigenvalue weighted by Gasteiger charge is -2.40. The number of unbranched alkanes of at least 4 members (excludes halogenated alkanes) is 48. The maximum Gasteiger partial charge on any atom is 0.220 e. The maximum atomic E-state index is 13.1. The number of rotatable bonds is 62. The van der Waals surface area contributed by atoms with Crippen LogP contribution in [0.15, 0.2) is 24.3 Å². The number of aliphatic hydroxyl groups is 5. The van der Waals surface area contributed by atoms with Crippen LogP contribution in [0.2, 0.25) is 0 Å². The van der Waals surface area contributed by atoms with Crippen LogP contribution in [0.25, 0.3) is 0 Å². The zero-order valence-corrected chi connectivity index (χ0v) is 52.4. The molecule has 0 radical (unpaired) electrons. The van der Waals surface area contributed by atoms with Gasteiger partial charge in [0, 0.05) is 6.42 Å². The van der Waals surface area contributed by atoms with E-state index in [1.807, 2.05) is 0 Å². The van der Waals surface area contributed by atoms with E-state index in [0.29, 0.717) is 12.8 Å². The van der Waals surface area contributed by atoms with Gasteiger partial charge in [-0.25, -0.2) is 0 Å². The number of hydrogen-bond acceptors (Lipinski definition) is 8. The largest absolute Gasteiger partial charge is 0.394 e. The van der Waals surface area contributed by atoms with Crippen molar-refractivity contribution in [3.05, 3.63) is 24.3 Å². The number of nitrogens with one attached hydrogen (secondary N) is 1. The number of aliphatic hydroxyl groups excluding tert-OH is 5. The van der Waals surface area contributed by atoms with Gasteiger partial charge >= 0.3 is 0 Å². The monoisotopic (exact) mass is 1120 g/mol. The molecule has 1 fully saturated rings. The Bertz CT molecular complexity index is 1300. The number of carbonyl (C=O) groups is 1. The molecule has 0 aromatic heterocycles. The predicted octanol–water partition coefficient (Wildman–Crippen LogP) is 18.9. The Morgan fingerprint density at radius 2 is 0.747 bits per heavy atom. The number of amides is 1. The second-order valence-corrected chi connectivity index (χ2v) is 24.7. The topological polar surface area (TPSA) is 149 Å². The molecule has 1 saturated heterocycles. The van der Waals surface area contributed by atoms with Gasteiger partial charge in [0.2, 0.25) is 5.91 Å². The van der Waals surface area contributed by atoms with Gasteiger partial charge in [0.05, 0.1) is 25.4 Å². The van der Waals surface area contributed by atoms with E-state index < -0.39 is 49.5 Å². The Kier molecular flexibility index (Phi) is 57.3. The Hall–Kier alpha value is -1.33. The Labute approximate surface area is 489 Å². The molecule has 1 aliphatic rings. The molecule has 7 atom stereocenters. The SMILES string of the molecule is CCCCCCCCCCC/C=C\C/C=C\CCCCCCCCCCCCCCCCCCCC(=O)NC(COC1OC(CO)C(O)C(O)C1O)C(O)CCCCCCCCCCCCCCCCCCCCCCCCC. The van der Waals surface area contributed by atoms with Crippen molar-refractivity contribution in [3.8, 4) is 0 Å². The van der Waals surface area contributed by atoms with E-state index in [-0.39, 0.29) is 12.5 Å². The van der Waals surface area contributed by atoms with Gasteiger partial charge in [0.25, 0.3) is 0 Å². The van der Waals surface area contributed by atoms with E-state index in [0.717, 1.165) is 44.9 Å². The highest BCUT2D eigenvalue weighted by molar-refractivity contribution is 5.76. The maximum absolute atomic E-state index is 13.1. The molecule has 1 rings (SSSR count). The van der Waals surface area contributed by atoms with Crippen LogP contribution in [0.4, 0.5) is 0 Å². The molecule has 0 aromatic carbocycles. The molecule has 1 aliphatic heterocycles. The number of carbonyl (C=O) groups excluding carboxylic acids is 1. The highest BCUT2D eigenvalue weighted by atomic mass is 16.7. The minimum Gasteiger partial charge on any atom is -0.394 e. The summed E-state index contributed by atoms with van der Waals surface area (Å²) in [5.41, 5.74) is 0. The molecule has 0 aromatic rings. The molecule has 9 nitrogen and oxygen atoms in total. The first-order chi connectivity index (χ1) is 38.8. The fraction of sp³-hybridized carbons (Fsp3) is 0.929. The van der Waals surface area contributed by atoms with Crippen molar-refractivity contribution in [1.82, 2.24) is 5.32 Å². The van der Waals surface area contributed by atoms with Gasteiger partial charge in [-0.05, 0) is 44.9 Å². The smallest absolute Gasteiger partial charge is 0.220 e. The molecule has 1 heterocycles. The van der Waals surface area contributed by atoms with Crippen molar-refractivity contribution in [2.75, 3.05) is 13.2 Å². The third-order valence-corrected chi connectivity index (χ3v) is 17.1. The van der Waals surface area contributed by atoms with Crippen LogP contribution in [0, 0.1) is 0 Å². The minimum atomic E-state index is -1.55. The third kappa shape index (κ3) is 48.7. The summed E-state index contributed by atoms with van der Waals surface area (Å²) in [5, 5.41) is 54.9. The lowest BCUT2D eigenvalue weighted by Crippen LogP contribution is -2.60. The van der Waals surface area contributed by atoms with Crippen molar-refractivity contribution in [2.24, 2.45) is 0 Å². The second-order valence-electron chi connectivity index (χ2n) is 24.7. The van der Waals surface area contributed by atoms with Gasteiger partial charge in [0.15, 0.2) is 6.29 Å². The first-order valence-corrected chi connectivity index (χ1v) is 35.0. The average Bonchev–Trinajstić information content (AvgIpc) is 3.47. The fourth-order valence-corrected chi connectivity index (χ4v) is 11.6. The van der Waals surface area contributed by atoms with Crippen molar-refractivity contribution >= 4 is 5.91 Å². The molecule has 79 heavy (non-hydrogen) atoms. The first kappa shape index (κ1) is 75.7. The Morgan fingerprint density at radius 3 is 1.09 bits per heavy atom. The van der Waals surface area contributed by atoms with Crippen LogP contribution in [0.1, 0.15) is 361 Å². The van der Waals surface area contributed by atoms with Crippen LogP contribution >= 0.6 is 0 Å². The van der Waals surface area contributed by atoms with Crippen molar-refractivity contribution in [1.29, 1.82) is 0 Å². The minimum absolute atomic E-state index is 0.133. The molecular weight excluding hydrogens is 983 g/mol. The molecule has 0 bridgehead atoms. The second kappa shape index (κ2) is 59.8. The molecule has 6 N–H and O–H groups in total. The normalized spacial score (nSPS) is 18.6. The Balaban J connectivity index is 2.10. The number of ether oxygens (including phenoxy) is 2. The predicted molar refractivity (Wildman–Crippen MR) is 337 cm³/mol. The van der Waals surface area contributed by atoms with Crippen molar-refractivity contribution < 1.29 is 39.8 Å². The third-order valence-electron chi connectivity index (χ3n) is 17.1. The summed E-state index contributed by atoms with van der Waals surface area (Å²) < 4.78 is 11.4. The molecule has 0 saturated carbocycles. The van der Waals surface area contributed by atoms with Gasteiger partial charge in [-0.3, -0.25) is 4.79 Å². The van der Waals surface area contributed by atoms with Gasteiger partial charge < -0.3 is 40.3 Å². The first-order valence-electron chi connectivity index (χ1n) is 35.0. The lowest BCUT2D eigenvalue weighted by molar-refractivity contribution is -0.302. The van der Waals surface area contributed by atoms with Gasteiger partial charge in [-0.2, -0.15) is 0 Å². The molecule has 1 amide bonds. The van der Waals surface area contributed by atoms with Crippen molar-refractivity contribution in [3.63, 3.8) is 0 Å². The summed E-state index contributed by atoms with van der Waals surface area (Å²) in [6, 6.07) is -0.718. The zero-order valence-electron chi connectivity index (χ0n) is 52.4. The van der Waals surface area contributed by atoms with Crippen molar-refractivity contribution in [2.45, 2.75) is 403 Å². The molecule has 0 aliphatic carbocycles. The summed E-state index contributed by atoms with van der Waals surface area (Å²) in [5.74, 6) is -0.137. The summed E-state index contributed by atoms with van der Waals surface area (Å²) >= 11 is 0. The van der Waals surface area contributed by atoms with Crippen LogP contribution in [-0.4, -0.2) is 87.5 Å².